The fraction of sp³-hybridized carbons (Fsp3) is 0.500. The number of pyridine rings is 1. The van der Waals surface area contributed by atoms with Crippen LogP contribution >= 0.6 is 0 Å². The summed E-state index contributed by atoms with van der Waals surface area (Å²) >= 11 is 0. The van der Waals surface area contributed by atoms with Gasteiger partial charge in [-0.15, -0.1) is 6.58 Å². The Labute approximate surface area is 103 Å². The maximum atomic E-state index is 10.3. The van der Waals surface area contributed by atoms with Gasteiger partial charge in [0.05, 0.1) is 18.4 Å². The summed E-state index contributed by atoms with van der Waals surface area (Å²) in [5.74, 6) is 0.711. The molecular weight excluding hydrogens is 214 g/mol. The summed E-state index contributed by atoms with van der Waals surface area (Å²) in [5, 5.41) is 10.3. The molecule has 1 heterocycles. The summed E-state index contributed by atoms with van der Waals surface area (Å²) < 4.78 is 5.50. The van der Waals surface area contributed by atoms with Crippen LogP contribution in [-0.2, 0) is 5.60 Å². The zero-order valence-electron chi connectivity index (χ0n) is 10.6. The van der Waals surface area contributed by atoms with Gasteiger partial charge in [0, 0.05) is 11.8 Å². The first-order valence-corrected chi connectivity index (χ1v) is 6.01. The second kappa shape index (κ2) is 6.40. The lowest BCUT2D eigenvalue weighted by Crippen LogP contribution is -2.21. The van der Waals surface area contributed by atoms with Gasteiger partial charge in [-0.3, -0.25) is 4.98 Å². The Balaban J connectivity index is 2.78. The molecule has 3 nitrogen and oxygen atoms in total. The van der Waals surface area contributed by atoms with E-state index in [4.69, 9.17) is 4.74 Å². The predicted molar refractivity (Wildman–Crippen MR) is 69.0 cm³/mol. The second-order valence-electron chi connectivity index (χ2n) is 4.36. The van der Waals surface area contributed by atoms with Gasteiger partial charge in [-0.2, -0.15) is 0 Å². The molecule has 0 amide bonds. The molecule has 0 bridgehead atoms. The molecule has 1 aromatic heterocycles. The van der Waals surface area contributed by atoms with Crippen molar-refractivity contribution in [2.24, 2.45) is 0 Å². The molecule has 17 heavy (non-hydrogen) atoms. The molecule has 0 saturated carbocycles. The van der Waals surface area contributed by atoms with E-state index in [1.165, 1.54) is 0 Å². The van der Waals surface area contributed by atoms with Gasteiger partial charge < -0.3 is 9.84 Å². The van der Waals surface area contributed by atoms with Gasteiger partial charge in [0.2, 0.25) is 0 Å². The van der Waals surface area contributed by atoms with Crippen LogP contribution in [0.25, 0.3) is 0 Å². The number of rotatable bonds is 7. The lowest BCUT2D eigenvalue weighted by atomic mass is 9.92. The van der Waals surface area contributed by atoms with Crippen molar-refractivity contribution in [1.29, 1.82) is 0 Å². The van der Waals surface area contributed by atoms with E-state index in [1.54, 1.807) is 25.4 Å². The largest absolute Gasteiger partial charge is 0.492 e. The SMILES string of the molecule is C=CCCC(C)(O)c1cncc(OCCC)c1. The molecule has 0 spiro atoms. The highest BCUT2D eigenvalue weighted by Gasteiger charge is 2.22. The Morgan fingerprint density at radius 3 is 2.94 bits per heavy atom. The highest BCUT2D eigenvalue weighted by molar-refractivity contribution is 5.27. The summed E-state index contributed by atoms with van der Waals surface area (Å²) in [6, 6.07) is 1.85. The monoisotopic (exact) mass is 235 g/mol. The van der Waals surface area contributed by atoms with Gasteiger partial charge in [0.15, 0.2) is 0 Å². The molecule has 0 fully saturated rings. The van der Waals surface area contributed by atoms with Gasteiger partial charge >= 0.3 is 0 Å². The zero-order chi connectivity index (χ0) is 12.7. The van der Waals surface area contributed by atoms with Gasteiger partial charge in [-0.05, 0) is 32.3 Å². The average Bonchev–Trinajstić information content (AvgIpc) is 2.34. The van der Waals surface area contributed by atoms with Crippen molar-refractivity contribution in [3.05, 3.63) is 36.7 Å². The first kappa shape index (κ1) is 13.7. The van der Waals surface area contributed by atoms with Crippen molar-refractivity contribution in [3.63, 3.8) is 0 Å². The molecule has 0 saturated heterocycles. The third kappa shape index (κ3) is 4.19. The van der Waals surface area contributed by atoms with E-state index in [0.29, 0.717) is 18.8 Å². The van der Waals surface area contributed by atoms with E-state index in [2.05, 4.69) is 18.5 Å². The smallest absolute Gasteiger partial charge is 0.137 e. The van der Waals surface area contributed by atoms with Crippen LogP contribution in [0.15, 0.2) is 31.1 Å². The molecule has 1 N–H and O–H groups in total. The van der Waals surface area contributed by atoms with E-state index in [0.717, 1.165) is 18.4 Å². The quantitative estimate of drug-likeness (QED) is 0.739. The number of hydrogen-bond donors (Lipinski definition) is 1. The minimum atomic E-state index is -0.882. The van der Waals surface area contributed by atoms with Gasteiger partial charge in [0.1, 0.15) is 5.75 Å². The number of aromatic nitrogens is 1. The van der Waals surface area contributed by atoms with Crippen LogP contribution in [0.1, 0.15) is 38.7 Å². The molecule has 0 radical (unpaired) electrons. The third-order valence-corrected chi connectivity index (χ3v) is 2.64. The maximum Gasteiger partial charge on any atom is 0.137 e. The van der Waals surface area contributed by atoms with Crippen molar-refractivity contribution in [3.8, 4) is 5.75 Å². The van der Waals surface area contributed by atoms with Crippen LogP contribution in [0, 0.1) is 0 Å². The minimum absolute atomic E-state index is 0.634. The normalized spacial score (nSPS) is 14.1. The Morgan fingerprint density at radius 1 is 1.53 bits per heavy atom. The number of ether oxygens (including phenoxy) is 1. The molecule has 1 unspecified atom stereocenters. The van der Waals surface area contributed by atoms with Gasteiger partial charge in [0.25, 0.3) is 0 Å². The van der Waals surface area contributed by atoms with Crippen molar-refractivity contribution in [2.75, 3.05) is 6.61 Å². The van der Waals surface area contributed by atoms with Crippen molar-refractivity contribution >= 4 is 0 Å². The first-order chi connectivity index (χ1) is 8.10. The fourth-order valence-corrected chi connectivity index (χ4v) is 1.54. The summed E-state index contributed by atoms with van der Waals surface area (Å²) in [4.78, 5) is 4.10. The number of hydrogen-bond acceptors (Lipinski definition) is 3. The minimum Gasteiger partial charge on any atom is -0.492 e. The molecule has 94 valence electrons. The van der Waals surface area contributed by atoms with Crippen molar-refractivity contribution in [2.45, 2.75) is 38.7 Å². The maximum absolute atomic E-state index is 10.3. The Bertz CT molecular complexity index is 361. The summed E-state index contributed by atoms with van der Waals surface area (Å²) in [5.41, 5.74) is -0.0970. The topological polar surface area (TPSA) is 42.4 Å². The zero-order valence-corrected chi connectivity index (χ0v) is 10.6. The molecule has 1 rings (SSSR count). The summed E-state index contributed by atoms with van der Waals surface area (Å²) in [6.07, 6.45) is 7.52. The summed E-state index contributed by atoms with van der Waals surface area (Å²) in [7, 11) is 0. The molecule has 3 heteroatoms. The van der Waals surface area contributed by atoms with E-state index >= 15 is 0 Å². The van der Waals surface area contributed by atoms with Crippen LogP contribution in [-0.4, -0.2) is 16.7 Å². The van der Waals surface area contributed by atoms with Crippen molar-refractivity contribution < 1.29 is 9.84 Å². The third-order valence-electron chi connectivity index (χ3n) is 2.64. The van der Waals surface area contributed by atoms with E-state index in [1.807, 2.05) is 6.07 Å². The highest BCUT2D eigenvalue weighted by Crippen LogP contribution is 2.27. The van der Waals surface area contributed by atoms with Gasteiger partial charge in [-0.1, -0.05) is 13.0 Å². The van der Waals surface area contributed by atoms with Crippen LogP contribution in [0.3, 0.4) is 0 Å². The number of aliphatic hydroxyl groups is 1. The fourth-order valence-electron chi connectivity index (χ4n) is 1.54. The van der Waals surface area contributed by atoms with Crippen LogP contribution in [0.4, 0.5) is 0 Å². The lowest BCUT2D eigenvalue weighted by Gasteiger charge is -2.23. The average molecular weight is 235 g/mol. The number of nitrogens with zero attached hydrogens (tertiary/aromatic N) is 1. The molecule has 0 aromatic carbocycles. The molecular formula is C14H21NO2. The Hall–Kier alpha value is -1.35. The van der Waals surface area contributed by atoms with Crippen LogP contribution in [0.2, 0.25) is 0 Å². The highest BCUT2D eigenvalue weighted by atomic mass is 16.5. The Morgan fingerprint density at radius 2 is 2.29 bits per heavy atom. The van der Waals surface area contributed by atoms with Crippen LogP contribution < -0.4 is 4.74 Å². The molecule has 1 aromatic rings. The van der Waals surface area contributed by atoms with E-state index in [-0.39, 0.29) is 0 Å². The second-order valence-corrected chi connectivity index (χ2v) is 4.36. The first-order valence-electron chi connectivity index (χ1n) is 6.01. The van der Waals surface area contributed by atoms with E-state index in [9.17, 15) is 5.11 Å². The van der Waals surface area contributed by atoms with Crippen LogP contribution in [0.5, 0.6) is 5.75 Å². The molecule has 0 aliphatic carbocycles. The standard InChI is InChI=1S/C14H21NO2/c1-4-6-7-14(3,16)12-9-13(11-15-10-12)17-8-5-2/h4,9-11,16H,1,5-8H2,2-3H3. The molecule has 0 aliphatic rings. The Kier molecular flexibility index (Phi) is 5.16. The molecule has 1 atom stereocenters. The van der Waals surface area contributed by atoms with Crippen molar-refractivity contribution in [1.82, 2.24) is 4.98 Å². The summed E-state index contributed by atoms with van der Waals surface area (Å²) in [6.45, 7) is 8.17. The lowest BCUT2D eigenvalue weighted by molar-refractivity contribution is 0.0481. The predicted octanol–water partition coefficient (Wildman–Crippen LogP) is 3.04. The number of allylic oxidation sites excluding steroid dienone is 1. The van der Waals surface area contributed by atoms with Gasteiger partial charge in [-0.25, -0.2) is 0 Å². The molecule has 0 aliphatic heterocycles. The van der Waals surface area contributed by atoms with E-state index < -0.39 is 5.60 Å².